The number of rotatable bonds is 3. The van der Waals surface area contributed by atoms with Gasteiger partial charge >= 0.3 is 6.18 Å². The van der Waals surface area contributed by atoms with Crippen molar-refractivity contribution in [2.24, 2.45) is 0 Å². The minimum absolute atomic E-state index is 0.0797. The number of alkyl halides is 3. The lowest BCUT2D eigenvalue weighted by molar-refractivity contribution is -0.384. The lowest BCUT2D eigenvalue weighted by Crippen LogP contribution is -2.33. The van der Waals surface area contributed by atoms with Gasteiger partial charge in [-0.3, -0.25) is 15.5 Å². The summed E-state index contributed by atoms with van der Waals surface area (Å²) in [7, 11) is 0. The van der Waals surface area contributed by atoms with Crippen LogP contribution in [-0.4, -0.2) is 14.6 Å². The molecule has 176 valence electrons. The van der Waals surface area contributed by atoms with E-state index in [0.717, 1.165) is 16.8 Å². The van der Waals surface area contributed by atoms with E-state index in [1.165, 1.54) is 30.6 Å². The topological polar surface area (TPSA) is 120 Å². The van der Waals surface area contributed by atoms with Gasteiger partial charge in [-0.05, 0) is 34.9 Å². The minimum Gasteiger partial charge on any atom is -0.438 e. The molecule has 1 aliphatic heterocycles. The number of nitrogens with two attached hydrogens (primary N) is 1. The van der Waals surface area contributed by atoms with Crippen molar-refractivity contribution in [3.05, 3.63) is 111 Å². The zero-order valence-corrected chi connectivity index (χ0v) is 17.8. The molecule has 0 saturated carbocycles. The molecule has 0 bridgehead atoms. The molecule has 5 rings (SSSR count). The molecule has 1 aromatic heterocycles. The molecule has 8 nitrogen and oxygen atoms in total. The Bertz CT molecular complexity index is 1530. The summed E-state index contributed by atoms with van der Waals surface area (Å²) < 4.78 is 45.8. The number of benzene rings is 3. The SMILES string of the molecule is N=c1c2c(ncn1N)Oc1cc(-c3ccc(C(F)(F)F)cc3)ccc1C2c1cccc([N+](=O)[O-])c1. The predicted octanol–water partition coefficient (Wildman–Crippen LogP) is 4.96. The maximum atomic E-state index is 12.9. The van der Waals surface area contributed by atoms with Crippen LogP contribution < -0.4 is 16.1 Å². The Balaban J connectivity index is 1.66. The maximum absolute atomic E-state index is 12.9. The van der Waals surface area contributed by atoms with Gasteiger partial charge in [-0.15, -0.1) is 0 Å². The summed E-state index contributed by atoms with van der Waals surface area (Å²) in [5.74, 6) is 5.69. The highest BCUT2D eigenvalue weighted by Gasteiger charge is 2.33. The standard InChI is InChI=1S/C24H16F3N5O3/c25-24(26,27)16-7-4-13(5-8-16)14-6-9-18-19(11-14)35-23-21(22(28)31(29)12-30-23)20(18)15-2-1-3-17(10-15)32(33)34/h1-12,20,28H,29H2. The van der Waals surface area contributed by atoms with E-state index in [4.69, 9.17) is 16.0 Å². The molecule has 0 saturated heterocycles. The average Bonchev–Trinajstić information content (AvgIpc) is 2.84. The molecular weight excluding hydrogens is 463 g/mol. The first-order valence-electron chi connectivity index (χ1n) is 10.3. The Morgan fingerprint density at radius 2 is 1.77 bits per heavy atom. The van der Waals surface area contributed by atoms with Crippen LogP contribution in [0.3, 0.4) is 0 Å². The van der Waals surface area contributed by atoms with Gasteiger partial charge in [0.1, 0.15) is 12.1 Å². The summed E-state index contributed by atoms with van der Waals surface area (Å²) in [6, 6.07) is 15.9. The van der Waals surface area contributed by atoms with Crippen LogP contribution in [0.4, 0.5) is 18.9 Å². The largest absolute Gasteiger partial charge is 0.438 e. The summed E-state index contributed by atoms with van der Waals surface area (Å²) in [5, 5.41) is 19.8. The zero-order valence-electron chi connectivity index (χ0n) is 17.8. The third kappa shape index (κ3) is 3.86. The molecule has 3 aromatic carbocycles. The zero-order chi connectivity index (χ0) is 24.9. The number of aromatic nitrogens is 2. The second-order valence-corrected chi connectivity index (χ2v) is 7.93. The van der Waals surface area contributed by atoms with E-state index in [0.29, 0.717) is 33.6 Å². The number of hydrogen-bond donors (Lipinski definition) is 2. The van der Waals surface area contributed by atoms with Crippen molar-refractivity contribution >= 4 is 5.69 Å². The highest BCUT2D eigenvalue weighted by molar-refractivity contribution is 5.69. The third-order valence-corrected chi connectivity index (χ3v) is 5.82. The van der Waals surface area contributed by atoms with Crippen LogP contribution in [0, 0.1) is 15.5 Å². The average molecular weight is 479 g/mol. The molecule has 0 spiro atoms. The molecule has 2 heterocycles. The minimum atomic E-state index is -4.44. The number of ether oxygens (including phenoxy) is 1. The van der Waals surface area contributed by atoms with Crippen LogP contribution >= 0.6 is 0 Å². The van der Waals surface area contributed by atoms with Crippen LogP contribution in [0.25, 0.3) is 11.1 Å². The predicted molar refractivity (Wildman–Crippen MR) is 119 cm³/mol. The van der Waals surface area contributed by atoms with E-state index in [2.05, 4.69) is 4.98 Å². The lowest BCUT2D eigenvalue weighted by atomic mass is 9.83. The smallest absolute Gasteiger partial charge is 0.416 e. The van der Waals surface area contributed by atoms with E-state index in [-0.39, 0.29) is 17.1 Å². The van der Waals surface area contributed by atoms with Crippen LogP contribution in [0.1, 0.15) is 28.2 Å². The molecule has 35 heavy (non-hydrogen) atoms. The van der Waals surface area contributed by atoms with Gasteiger partial charge in [-0.1, -0.05) is 36.4 Å². The lowest BCUT2D eigenvalue weighted by Gasteiger charge is -2.28. The van der Waals surface area contributed by atoms with E-state index in [1.54, 1.807) is 30.3 Å². The highest BCUT2D eigenvalue weighted by Crippen LogP contribution is 2.46. The number of halogens is 3. The third-order valence-electron chi connectivity index (χ3n) is 5.82. The summed E-state index contributed by atoms with van der Waals surface area (Å²) in [5.41, 5.74) is 1.68. The van der Waals surface area contributed by atoms with Gasteiger partial charge in [0.05, 0.1) is 16.1 Å². The number of nitro groups is 1. The summed E-state index contributed by atoms with van der Waals surface area (Å²) in [6.45, 7) is 0. The van der Waals surface area contributed by atoms with Gasteiger partial charge in [0.2, 0.25) is 5.88 Å². The van der Waals surface area contributed by atoms with Crippen LogP contribution in [0.2, 0.25) is 0 Å². The van der Waals surface area contributed by atoms with Crippen LogP contribution in [-0.2, 0) is 6.18 Å². The van der Waals surface area contributed by atoms with Gasteiger partial charge in [0, 0.05) is 23.6 Å². The fourth-order valence-corrected chi connectivity index (χ4v) is 4.14. The van der Waals surface area contributed by atoms with Crippen molar-refractivity contribution in [2.45, 2.75) is 12.1 Å². The van der Waals surface area contributed by atoms with Crippen LogP contribution in [0.5, 0.6) is 11.6 Å². The number of nitro benzene ring substituents is 1. The molecule has 0 amide bonds. The van der Waals surface area contributed by atoms with Crippen molar-refractivity contribution in [3.63, 3.8) is 0 Å². The van der Waals surface area contributed by atoms with Gasteiger partial charge in [0.15, 0.2) is 5.49 Å². The molecule has 1 aliphatic rings. The summed E-state index contributed by atoms with van der Waals surface area (Å²) in [6.07, 6.45) is -3.22. The maximum Gasteiger partial charge on any atom is 0.416 e. The summed E-state index contributed by atoms with van der Waals surface area (Å²) in [4.78, 5) is 15.1. The normalized spacial score (nSPS) is 14.5. The fraction of sp³-hybridized carbons (Fsp3) is 0.0833. The molecule has 3 N–H and O–H groups in total. The molecule has 1 unspecified atom stereocenters. The van der Waals surface area contributed by atoms with E-state index in [1.807, 2.05) is 0 Å². The van der Waals surface area contributed by atoms with Gasteiger partial charge < -0.3 is 10.6 Å². The van der Waals surface area contributed by atoms with Crippen LogP contribution in [0.15, 0.2) is 73.1 Å². The Morgan fingerprint density at radius 1 is 1.06 bits per heavy atom. The van der Waals surface area contributed by atoms with Crippen molar-refractivity contribution in [3.8, 4) is 22.8 Å². The first kappa shape index (κ1) is 22.1. The van der Waals surface area contributed by atoms with E-state index >= 15 is 0 Å². The van der Waals surface area contributed by atoms with Crippen molar-refractivity contribution < 1.29 is 22.8 Å². The molecule has 0 aliphatic carbocycles. The molecule has 0 radical (unpaired) electrons. The van der Waals surface area contributed by atoms with Gasteiger partial charge in [0.25, 0.3) is 5.69 Å². The Hall–Kier alpha value is -4.67. The summed E-state index contributed by atoms with van der Waals surface area (Å²) >= 11 is 0. The molecular formula is C24H16F3N5O3. The number of hydrogen-bond acceptors (Lipinski definition) is 6. The highest BCUT2D eigenvalue weighted by atomic mass is 19.4. The van der Waals surface area contributed by atoms with Crippen molar-refractivity contribution in [1.29, 1.82) is 5.41 Å². The molecule has 4 aromatic rings. The first-order chi connectivity index (χ1) is 16.6. The second kappa shape index (κ2) is 7.97. The van der Waals surface area contributed by atoms with E-state index < -0.39 is 22.6 Å². The number of nitrogen functional groups attached to an aromatic ring is 1. The Kier molecular flexibility index (Phi) is 5.04. The van der Waals surface area contributed by atoms with Gasteiger partial charge in [-0.25, -0.2) is 9.66 Å². The first-order valence-corrected chi connectivity index (χ1v) is 10.3. The number of non-ortho nitro benzene ring substituents is 1. The molecule has 11 heteroatoms. The van der Waals surface area contributed by atoms with Crippen molar-refractivity contribution in [1.82, 2.24) is 9.66 Å². The monoisotopic (exact) mass is 479 g/mol. The fourth-order valence-electron chi connectivity index (χ4n) is 4.14. The number of nitrogens with one attached hydrogen (secondary N) is 1. The van der Waals surface area contributed by atoms with Crippen molar-refractivity contribution in [2.75, 3.05) is 5.84 Å². The Morgan fingerprint density at radius 3 is 2.46 bits per heavy atom. The molecule has 1 atom stereocenters. The Labute approximate surface area is 195 Å². The quantitative estimate of drug-likeness (QED) is 0.215. The number of fused-ring (bicyclic) bond motifs is 2. The molecule has 0 fully saturated rings. The number of nitrogens with zero attached hydrogens (tertiary/aromatic N) is 3. The second-order valence-electron chi connectivity index (χ2n) is 7.93. The van der Waals surface area contributed by atoms with E-state index in [9.17, 15) is 23.3 Å². The van der Waals surface area contributed by atoms with Gasteiger partial charge in [-0.2, -0.15) is 13.2 Å².